The summed E-state index contributed by atoms with van der Waals surface area (Å²) in [5.74, 6) is 1.23. The lowest BCUT2D eigenvalue weighted by Crippen LogP contribution is -2.30. The van der Waals surface area contributed by atoms with Gasteiger partial charge in [0.2, 0.25) is 0 Å². The highest BCUT2D eigenvalue weighted by molar-refractivity contribution is 5.94. The number of aromatic amines is 1. The van der Waals surface area contributed by atoms with Crippen LogP contribution in [0.1, 0.15) is 54.1 Å². The van der Waals surface area contributed by atoms with Crippen LogP contribution in [0.2, 0.25) is 0 Å². The molecule has 1 aliphatic rings. The number of benzene rings is 1. The normalized spacial score (nSPS) is 14.4. The highest BCUT2D eigenvalue weighted by Crippen LogP contribution is 2.31. The van der Waals surface area contributed by atoms with Crippen molar-refractivity contribution in [1.82, 2.24) is 20.8 Å². The Morgan fingerprint density at radius 3 is 2.81 bits per heavy atom. The van der Waals surface area contributed by atoms with Crippen LogP contribution in [0.4, 0.5) is 0 Å². The third kappa shape index (κ3) is 3.83. The molecule has 140 valence electrons. The number of hydrogen-bond donors (Lipinski definition) is 3. The molecule has 0 saturated carbocycles. The van der Waals surface area contributed by atoms with Crippen molar-refractivity contribution in [3.63, 3.8) is 0 Å². The van der Waals surface area contributed by atoms with Crippen molar-refractivity contribution in [1.29, 1.82) is 0 Å². The van der Waals surface area contributed by atoms with Crippen LogP contribution in [0.3, 0.4) is 0 Å². The molecule has 1 aliphatic heterocycles. The van der Waals surface area contributed by atoms with Gasteiger partial charge in [-0.2, -0.15) is 5.10 Å². The maximum absolute atomic E-state index is 12.7. The molecule has 1 amide bonds. The summed E-state index contributed by atoms with van der Waals surface area (Å²) >= 11 is 0. The van der Waals surface area contributed by atoms with Crippen LogP contribution in [-0.2, 0) is 13.0 Å². The fraction of sp³-hybridized carbons (Fsp3) is 0.474. The fourth-order valence-electron chi connectivity index (χ4n) is 3.10. The Labute approximate surface area is 153 Å². The maximum atomic E-state index is 12.7. The van der Waals surface area contributed by atoms with Gasteiger partial charge in [-0.05, 0) is 38.5 Å². The third-order valence-corrected chi connectivity index (χ3v) is 4.44. The molecule has 0 aliphatic carbocycles. The molecule has 3 rings (SSSR count). The average Bonchev–Trinajstić information content (AvgIpc) is 3.07. The first-order chi connectivity index (χ1) is 12.6. The van der Waals surface area contributed by atoms with Gasteiger partial charge in [0.05, 0.1) is 19.3 Å². The topological polar surface area (TPSA) is 88.3 Å². The van der Waals surface area contributed by atoms with Gasteiger partial charge in [-0.3, -0.25) is 9.89 Å². The van der Waals surface area contributed by atoms with Crippen molar-refractivity contribution >= 4 is 5.91 Å². The summed E-state index contributed by atoms with van der Waals surface area (Å²) in [6.45, 7) is 8.51. The number of hydrogen-bond acceptors (Lipinski definition) is 5. The Kier molecular flexibility index (Phi) is 5.78. The zero-order valence-electron chi connectivity index (χ0n) is 15.5. The molecular formula is C19H26N4O3. The first-order valence-electron chi connectivity index (χ1n) is 9.11. The van der Waals surface area contributed by atoms with Gasteiger partial charge in [0.25, 0.3) is 5.91 Å². The molecule has 0 radical (unpaired) electrons. The Morgan fingerprint density at radius 1 is 1.27 bits per heavy atom. The minimum Gasteiger partial charge on any atom is -0.490 e. The summed E-state index contributed by atoms with van der Waals surface area (Å²) in [6.07, 6.45) is 0.863. The minimum absolute atomic E-state index is 0.175. The SMILES string of the molecule is CCOc1ccc(C(C)NC(=O)c2n[nH]c3c2CNCC3)cc1OCC. The van der Waals surface area contributed by atoms with Crippen molar-refractivity contribution < 1.29 is 14.3 Å². The summed E-state index contributed by atoms with van der Waals surface area (Å²) in [6, 6.07) is 5.56. The van der Waals surface area contributed by atoms with E-state index in [1.807, 2.05) is 39.0 Å². The Bertz CT molecular complexity index is 772. The van der Waals surface area contributed by atoms with Crippen LogP contribution in [0.15, 0.2) is 18.2 Å². The largest absolute Gasteiger partial charge is 0.490 e. The number of carbonyl (C=O) groups is 1. The maximum Gasteiger partial charge on any atom is 0.272 e. The Morgan fingerprint density at radius 2 is 2.04 bits per heavy atom. The van der Waals surface area contributed by atoms with Crippen LogP contribution in [-0.4, -0.2) is 35.9 Å². The standard InChI is InChI=1S/C19H26N4O3/c1-4-25-16-7-6-13(10-17(16)26-5-2)12(3)21-19(24)18-14-11-20-9-8-15(14)22-23-18/h6-7,10,12,20H,4-5,8-9,11H2,1-3H3,(H,21,24)(H,22,23). The summed E-state index contributed by atoms with van der Waals surface area (Å²) in [7, 11) is 0. The highest BCUT2D eigenvalue weighted by Gasteiger charge is 2.23. The van der Waals surface area contributed by atoms with Gasteiger partial charge in [0.15, 0.2) is 17.2 Å². The lowest BCUT2D eigenvalue weighted by molar-refractivity contribution is 0.0933. The second kappa shape index (κ2) is 8.23. The molecule has 0 spiro atoms. The quantitative estimate of drug-likeness (QED) is 0.707. The van der Waals surface area contributed by atoms with Gasteiger partial charge < -0.3 is 20.1 Å². The summed E-state index contributed by atoms with van der Waals surface area (Å²) < 4.78 is 11.3. The van der Waals surface area contributed by atoms with E-state index in [0.717, 1.165) is 29.8 Å². The van der Waals surface area contributed by atoms with Gasteiger partial charge >= 0.3 is 0 Å². The van der Waals surface area contributed by atoms with Crippen molar-refractivity contribution in [2.45, 2.75) is 39.8 Å². The number of fused-ring (bicyclic) bond motifs is 1. The first-order valence-corrected chi connectivity index (χ1v) is 9.11. The molecule has 7 heteroatoms. The number of nitrogens with one attached hydrogen (secondary N) is 3. The van der Waals surface area contributed by atoms with E-state index in [2.05, 4.69) is 20.8 Å². The number of ether oxygens (including phenoxy) is 2. The van der Waals surface area contributed by atoms with Crippen LogP contribution in [0.25, 0.3) is 0 Å². The molecule has 2 heterocycles. The van der Waals surface area contributed by atoms with Crippen LogP contribution < -0.4 is 20.1 Å². The molecule has 3 N–H and O–H groups in total. The molecule has 1 atom stereocenters. The molecule has 1 unspecified atom stereocenters. The highest BCUT2D eigenvalue weighted by atomic mass is 16.5. The average molecular weight is 358 g/mol. The Balaban J connectivity index is 1.75. The second-order valence-corrected chi connectivity index (χ2v) is 6.22. The number of carbonyl (C=O) groups excluding carboxylic acids is 1. The molecule has 26 heavy (non-hydrogen) atoms. The molecular weight excluding hydrogens is 332 g/mol. The van der Waals surface area contributed by atoms with Gasteiger partial charge in [0.1, 0.15) is 0 Å². The van der Waals surface area contributed by atoms with E-state index in [1.165, 1.54) is 0 Å². The van der Waals surface area contributed by atoms with Gasteiger partial charge in [-0.1, -0.05) is 6.07 Å². The first kappa shape index (κ1) is 18.3. The zero-order chi connectivity index (χ0) is 18.5. The predicted molar refractivity (Wildman–Crippen MR) is 98.7 cm³/mol. The molecule has 0 fully saturated rings. The van der Waals surface area contributed by atoms with E-state index >= 15 is 0 Å². The lowest BCUT2D eigenvalue weighted by atomic mass is 10.1. The summed E-state index contributed by atoms with van der Waals surface area (Å²) in [4.78, 5) is 12.7. The van der Waals surface area contributed by atoms with Crippen molar-refractivity contribution in [3.05, 3.63) is 40.7 Å². The molecule has 7 nitrogen and oxygen atoms in total. The molecule has 2 aromatic rings. The van der Waals surface area contributed by atoms with Gasteiger partial charge in [-0.25, -0.2) is 0 Å². The summed E-state index contributed by atoms with van der Waals surface area (Å²) in [5, 5.41) is 13.5. The fourth-order valence-corrected chi connectivity index (χ4v) is 3.10. The number of H-pyrrole nitrogens is 1. The third-order valence-electron chi connectivity index (χ3n) is 4.44. The van der Waals surface area contributed by atoms with Gasteiger partial charge in [-0.15, -0.1) is 0 Å². The number of nitrogens with zero attached hydrogens (tertiary/aromatic N) is 1. The number of aromatic nitrogens is 2. The second-order valence-electron chi connectivity index (χ2n) is 6.22. The van der Waals surface area contributed by atoms with E-state index in [0.29, 0.717) is 37.0 Å². The minimum atomic E-state index is -0.179. The van der Waals surface area contributed by atoms with E-state index in [1.54, 1.807) is 0 Å². The predicted octanol–water partition coefficient (Wildman–Crippen LogP) is 2.34. The van der Waals surface area contributed by atoms with Gasteiger partial charge in [0, 0.05) is 30.8 Å². The van der Waals surface area contributed by atoms with E-state index in [-0.39, 0.29) is 11.9 Å². The Hall–Kier alpha value is -2.54. The van der Waals surface area contributed by atoms with E-state index in [4.69, 9.17) is 9.47 Å². The number of rotatable bonds is 7. The van der Waals surface area contributed by atoms with Crippen LogP contribution in [0, 0.1) is 0 Å². The molecule has 1 aromatic carbocycles. The monoisotopic (exact) mass is 358 g/mol. The lowest BCUT2D eigenvalue weighted by Gasteiger charge is -2.18. The molecule has 0 saturated heterocycles. The van der Waals surface area contributed by atoms with E-state index in [9.17, 15) is 4.79 Å². The van der Waals surface area contributed by atoms with Crippen molar-refractivity contribution in [3.8, 4) is 11.5 Å². The van der Waals surface area contributed by atoms with Crippen molar-refractivity contribution in [2.75, 3.05) is 19.8 Å². The zero-order valence-corrected chi connectivity index (χ0v) is 15.5. The number of amides is 1. The van der Waals surface area contributed by atoms with Crippen LogP contribution >= 0.6 is 0 Å². The van der Waals surface area contributed by atoms with Crippen molar-refractivity contribution in [2.24, 2.45) is 0 Å². The summed E-state index contributed by atoms with van der Waals surface area (Å²) in [5.41, 5.74) is 3.42. The molecule has 0 bridgehead atoms. The smallest absolute Gasteiger partial charge is 0.272 e. The van der Waals surface area contributed by atoms with Crippen LogP contribution in [0.5, 0.6) is 11.5 Å². The van der Waals surface area contributed by atoms with E-state index < -0.39 is 0 Å². The molecule has 1 aromatic heterocycles.